The molecular formula is C19H23N3O3S. The molecule has 26 heavy (non-hydrogen) atoms. The molecule has 7 heteroatoms. The van der Waals surface area contributed by atoms with Gasteiger partial charge >= 0.3 is 0 Å². The lowest BCUT2D eigenvalue weighted by atomic mass is 10.1. The van der Waals surface area contributed by atoms with Crippen LogP contribution in [0.3, 0.4) is 0 Å². The Kier molecular flexibility index (Phi) is 5.38. The van der Waals surface area contributed by atoms with Crippen molar-refractivity contribution in [2.24, 2.45) is 0 Å². The molecule has 1 aliphatic heterocycles. The largest absolute Gasteiger partial charge is 0.337 e. The van der Waals surface area contributed by atoms with Crippen LogP contribution < -0.4 is 0 Å². The molecular weight excluding hydrogens is 350 g/mol. The molecule has 1 aromatic carbocycles. The van der Waals surface area contributed by atoms with Gasteiger partial charge in [0.15, 0.2) is 0 Å². The number of rotatable bonds is 3. The fraction of sp³-hybridized carbons (Fsp3) is 0.368. The molecule has 0 radical (unpaired) electrons. The Labute approximate surface area is 154 Å². The van der Waals surface area contributed by atoms with Gasteiger partial charge in [-0.2, -0.15) is 0 Å². The van der Waals surface area contributed by atoms with Crippen LogP contribution in [0.25, 0.3) is 11.3 Å². The van der Waals surface area contributed by atoms with Gasteiger partial charge in [-0.1, -0.05) is 30.3 Å². The van der Waals surface area contributed by atoms with Gasteiger partial charge in [-0.05, 0) is 25.5 Å². The maximum absolute atomic E-state index is 12.9. The highest BCUT2D eigenvalue weighted by atomic mass is 32.2. The Bertz CT molecular complexity index is 898. The molecule has 2 heterocycles. The second-order valence-electron chi connectivity index (χ2n) is 6.50. The van der Waals surface area contributed by atoms with Gasteiger partial charge in [-0.25, -0.2) is 12.7 Å². The molecule has 1 amide bonds. The van der Waals surface area contributed by atoms with E-state index in [1.807, 2.05) is 49.4 Å². The lowest BCUT2D eigenvalue weighted by Gasteiger charge is -2.22. The number of hydrogen-bond donors (Lipinski definition) is 0. The predicted octanol–water partition coefficient (Wildman–Crippen LogP) is 2.16. The van der Waals surface area contributed by atoms with Gasteiger partial charge in [0.25, 0.3) is 5.91 Å². The van der Waals surface area contributed by atoms with Crippen LogP contribution in [0, 0.1) is 6.92 Å². The zero-order valence-corrected chi connectivity index (χ0v) is 15.9. The second-order valence-corrected chi connectivity index (χ2v) is 8.49. The molecule has 1 saturated heterocycles. The van der Waals surface area contributed by atoms with E-state index in [9.17, 15) is 13.2 Å². The molecule has 1 fully saturated rings. The Morgan fingerprint density at radius 1 is 1.00 bits per heavy atom. The molecule has 6 nitrogen and oxygen atoms in total. The van der Waals surface area contributed by atoms with Crippen molar-refractivity contribution in [3.8, 4) is 11.3 Å². The van der Waals surface area contributed by atoms with Crippen LogP contribution in [0.1, 0.15) is 22.5 Å². The van der Waals surface area contributed by atoms with Crippen LogP contribution in [0.4, 0.5) is 0 Å². The first-order valence-electron chi connectivity index (χ1n) is 8.64. The second kappa shape index (κ2) is 7.55. The third-order valence-corrected chi connectivity index (χ3v) is 5.90. The van der Waals surface area contributed by atoms with Gasteiger partial charge in [-0.3, -0.25) is 9.78 Å². The minimum Gasteiger partial charge on any atom is -0.337 e. The summed E-state index contributed by atoms with van der Waals surface area (Å²) >= 11 is 0. The standard InChI is InChI=1S/C19H23N3O3S/c1-15-17(9-10-18(20-15)16-7-4-3-5-8-16)19(23)21-11-6-12-22(14-13-21)26(2,24)25/h3-5,7-10H,6,11-14H2,1-2H3. The normalized spacial score (nSPS) is 16.3. The number of hydrogen-bond acceptors (Lipinski definition) is 4. The van der Waals surface area contributed by atoms with Crippen LogP contribution in [0.15, 0.2) is 42.5 Å². The number of nitrogens with zero attached hydrogens (tertiary/aromatic N) is 3. The van der Waals surface area contributed by atoms with E-state index in [0.717, 1.165) is 11.3 Å². The van der Waals surface area contributed by atoms with Crippen molar-refractivity contribution in [2.75, 3.05) is 32.4 Å². The van der Waals surface area contributed by atoms with Crippen LogP contribution in [0.5, 0.6) is 0 Å². The van der Waals surface area contributed by atoms with Gasteiger partial charge in [0.2, 0.25) is 10.0 Å². The topological polar surface area (TPSA) is 70.6 Å². The number of aryl methyl sites for hydroxylation is 1. The lowest BCUT2D eigenvalue weighted by molar-refractivity contribution is 0.0763. The van der Waals surface area contributed by atoms with Crippen molar-refractivity contribution in [1.82, 2.24) is 14.2 Å². The number of sulfonamides is 1. The van der Waals surface area contributed by atoms with Crippen LogP contribution in [0.2, 0.25) is 0 Å². The van der Waals surface area contributed by atoms with Gasteiger partial charge in [0.1, 0.15) is 0 Å². The monoisotopic (exact) mass is 373 g/mol. The van der Waals surface area contributed by atoms with E-state index >= 15 is 0 Å². The first-order chi connectivity index (χ1) is 12.4. The third kappa shape index (κ3) is 4.11. The fourth-order valence-electron chi connectivity index (χ4n) is 3.16. The molecule has 2 aromatic rings. The molecule has 0 atom stereocenters. The number of carbonyl (C=O) groups excluding carboxylic acids is 1. The first kappa shape index (κ1) is 18.5. The SMILES string of the molecule is Cc1nc(-c2ccccc2)ccc1C(=O)N1CCCN(S(C)(=O)=O)CC1. The minimum absolute atomic E-state index is 0.0926. The van der Waals surface area contributed by atoms with Crippen molar-refractivity contribution in [3.63, 3.8) is 0 Å². The van der Waals surface area contributed by atoms with E-state index in [0.29, 0.717) is 43.9 Å². The Morgan fingerprint density at radius 3 is 2.38 bits per heavy atom. The Morgan fingerprint density at radius 2 is 1.73 bits per heavy atom. The zero-order chi connectivity index (χ0) is 18.7. The summed E-state index contributed by atoms with van der Waals surface area (Å²) in [5.41, 5.74) is 3.09. The number of amides is 1. The number of aromatic nitrogens is 1. The molecule has 0 saturated carbocycles. The van der Waals surface area contributed by atoms with Crippen molar-refractivity contribution in [3.05, 3.63) is 53.7 Å². The number of pyridine rings is 1. The highest BCUT2D eigenvalue weighted by Gasteiger charge is 2.25. The van der Waals surface area contributed by atoms with Gasteiger partial charge in [-0.15, -0.1) is 0 Å². The van der Waals surface area contributed by atoms with E-state index in [2.05, 4.69) is 4.98 Å². The minimum atomic E-state index is -3.22. The van der Waals surface area contributed by atoms with Crippen LogP contribution in [-0.4, -0.2) is 60.9 Å². The van der Waals surface area contributed by atoms with E-state index in [1.54, 1.807) is 4.90 Å². The van der Waals surface area contributed by atoms with E-state index in [1.165, 1.54) is 10.6 Å². The highest BCUT2D eigenvalue weighted by molar-refractivity contribution is 7.88. The molecule has 0 N–H and O–H groups in total. The van der Waals surface area contributed by atoms with Crippen molar-refractivity contribution in [1.29, 1.82) is 0 Å². The molecule has 0 spiro atoms. The van der Waals surface area contributed by atoms with E-state index < -0.39 is 10.0 Å². The van der Waals surface area contributed by atoms with Gasteiger partial charge in [0, 0.05) is 31.7 Å². The molecule has 3 rings (SSSR count). The van der Waals surface area contributed by atoms with Crippen LogP contribution in [-0.2, 0) is 10.0 Å². The van der Waals surface area contributed by atoms with Crippen molar-refractivity contribution >= 4 is 15.9 Å². The molecule has 0 aliphatic carbocycles. The molecule has 0 unspecified atom stereocenters. The quantitative estimate of drug-likeness (QED) is 0.827. The van der Waals surface area contributed by atoms with Gasteiger partial charge in [0.05, 0.1) is 23.2 Å². The summed E-state index contributed by atoms with van der Waals surface area (Å²) in [6.45, 7) is 3.56. The van der Waals surface area contributed by atoms with Gasteiger partial charge < -0.3 is 4.90 Å². The number of benzene rings is 1. The summed E-state index contributed by atoms with van der Waals surface area (Å²) in [6.07, 6.45) is 1.84. The smallest absolute Gasteiger partial charge is 0.255 e. The van der Waals surface area contributed by atoms with E-state index in [-0.39, 0.29) is 5.91 Å². The summed E-state index contributed by atoms with van der Waals surface area (Å²) in [5.74, 6) is -0.0926. The fourth-order valence-corrected chi connectivity index (χ4v) is 4.03. The summed E-state index contributed by atoms with van der Waals surface area (Å²) in [4.78, 5) is 19.2. The van der Waals surface area contributed by atoms with Crippen LogP contribution >= 0.6 is 0 Å². The average Bonchev–Trinajstić information content (AvgIpc) is 2.88. The Hall–Kier alpha value is -2.25. The highest BCUT2D eigenvalue weighted by Crippen LogP contribution is 2.20. The van der Waals surface area contributed by atoms with E-state index in [4.69, 9.17) is 0 Å². The summed E-state index contributed by atoms with van der Waals surface area (Å²) in [5, 5.41) is 0. The Balaban J connectivity index is 1.78. The summed E-state index contributed by atoms with van der Waals surface area (Å²) < 4.78 is 24.9. The summed E-state index contributed by atoms with van der Waals surface area (Å²) in [6, 6.07) is 13.5. The lowest BCUT2D eigenvalue weighted by Crippen LogP contribution is -2.37. The molecule has 1 aliphatic rings. The predicted molar refractivity (Wildman–Crippen MR) is 101 cm³/mol. The first-order valence-corrected chi connectivity index (χ1v) is 10.5. The maximum Gasteiger partial charge on any atom is 0.255 e. The summed E-state index contributed by atoms with van der Waals surface area (Å²) in [7, 11) is -3.22. The molecule has 1 aromatic heterocycles. The van der Waals surface area contributed by atoms with Crippen molar-refractivity contribution in [2.45, 2.75) is 13.3 Å². The third-order valence-electron chi connectivity index (χ3n) is 4.60. The van der Waals surface area contributed by atoms with Crippen molar-refractivity contribution < 1.29 is 13.2 Å². The number of carbonyl (C=O) groups is 1. The maximum atomic E-state index is 12.9. The molecule has 138 valence electrons. The average molecular weight is 373 g/mol. The molecule has 0 bridgehead atoms. The zero-order valence-electron chi connectivity index (χ0n) is 15.1.